The van der Waals surface area contributed by atoms with Crippen molar-refractivity contribution in [2.75, 3.05) is 0 Å². The van der Waals surface area contributed by atoms with E-state index in [-0.39, 0.29) is 0 Å². The second kappa shape index (κ2) is 13.4. The summed E-state index contributed by atoms with van der Waals surface area (Å²) in [7, 11) is 0. The Balaban J connectivity index is 1.37. The Hall–Kier alpha value is -6.38. The van der Waals surface area contributed by atoms with Gasteiger partial charge in [-0.3, -0.25) is 0 Å². The average Bonchev–Trinajstić information content (AvgIpc) is 3.19. The first-order valence-corrected chi connectivity index (χ1v) is 16.6. The highest BCUT2D eigenvalue weighted by Gasteiger charge is 2.16. The normalized spacial score (nSPS) is 11.0. The summed E-state index contributed by atoms with van der Waals surface area (Å²) in [6.07, 6.45) is 0. The van der Waals surface area contributed by atoms with Gasteiger partial charge in [0.25, 0.3) is 0 Å². The zero-order chi connectivity index (χ0) is 33.0. The molecule has 0 atom stereocenters. The number of nitrogens with zero attached hydrogens (tertiary/aromatic N) is 2. The van der Waals surface area contributed by atoms with Crippen LogP contribution in [-0.4, -0.2) is 9.97 Å². The summed E-state index contributed by atoms with van der Waals surface area (Å²) in [5.41, 5.74) is 15.2. The van der Waals surface area contributed by atoms with Gasteiger partial charge in [0.1, 0.15) is 0 Å². The summed E-state index contributed by atoms with van der Waals surface area (Å²) in [6, 6.07) is 66.4. The van der Waals surface area contributed by atoms with Gasteiger partial charge < -0.3 is 0 Å². The largest absolute Gasteiger partial charge is 0.228 e. The van der Waals surface area contributed by atoms with Crippen molar-refractivity contribution in [3.63, 3.8) is 0 Å². The van der Waals surface area contributed by atoms with E-state index in [2.05, 4.69) is 195 Å². The van der Waals surface area contributed by atoms with E-state index in [1.54, 1.807) is 0 Å². The molecule has 0 amide bonds. The monoisotopic (exact) mass is 626 g/mol. The molecule has 232 valence electrons. The molecular weight excluding hydrogens is 593 g/mol. The van der Waals surface area contributed by atoms with Crippen molar-refractivity contribution in [2.45, 2.75) is 6.92 Å². The molecule has 0 aliphatic carbocycles. The molecule has 0 aliphatic heterocycles. The van der Waals surface area contributed by atoms with Crippen molar-refractivity contribution in [3.8, 4) is 78.4 Å². The maximum Gasteiger partial charge on any atom is 0.160 e. The topological polar surface area (TPSA) is 25.8 Å². The van der Waals surface area contributed by atoms with Gasteiger partial charge >= 0.3 is 0 Å². The number of benzene rings is 7. The van der Waals surface area contributed by atoms with E-state index >= 15 is 0 Å². The van der Waals surface area contributed by atoms with Crippen molar-refractivity contribution in [2.24, 2.45) is 0 Å². The van der Waals surface area contributed by atoms with E-state index in [9.17, 15) is 0 Å². The molecule has 0 radical (unpaired) electrons. The van der Waals surface area contributed by atoms with Crippen LogP contribution in [0, 0.1) is 6.92 Å². The van der Waals surface area contributed by atoms with E-state index in [4.69, 9.17) is 9.97 Å². The zero-order valence-corrected chi connectivity index (χ0v) is 27.3. The van der Waals surface area contributed by atoms with Crippen molar-refractivity contribution < 1.29 is 0 Å². The first kappa shape index (κ1) is 30.0. The summed E-state index contributed by atoms with van der Waals surface area (Å²) in [4.78, 5) is 10.6. The van der Waals surface area contributed by atoms with Crippen molar-refractivity contribution >= 4 is 0 Å². The van der Waals surface area contributed by atoms with Crippen LogP contribution >= 0.6 is 0 Å². The molecule has 0 N–H and O–H groups in total. The SMILES string of the molecule is Cc1cccc(-c2cc(-c3cc(-c4ccccc4)cc(-c4ccccc4)c3)nc(-c3cc(-c4ccccc4)cc(-c4ccccc4)c3)n2)c1. The molecule has 0 spiro atoms. The van der Waals surface area contributed by atoms with Crippen LogP contribution < -0.4 is 0 Å². The molecule has 7 aromatic carbocycles. The maximum atomic E-state index is 5.35. The van der Waals surface area contributed by atoms with Crippen LogP contribution in [0.1, 0.15) is 5.56 Å². The molecule has 49 heavy (non-hydrogen) atoms. The highest BCUT2D eigenvalue weighted by molar-refractivity contribution is 5.84. The molecule has 0 aliphatic rings. The number of hydrogen-bond acceptors (Lipinski definition) is 2. The third kappa shape index (κ3) is 6.58. The Bertz CT molecular complexity index is 2100. The zero-order valence-electron chi connectivity index (χ0n) is 27.3. The highest BCUT2D eigenvalue weighted by atomic mass is 14.9. The first-order valence-electron chi connectivity index (χ1n) is 16.6. The molecule has 1 heterocycles. The fourth-order valence-corrected chi connectivity index (χ4v) is 6.40. The molecule has 8 aromatic rings. The Morgan fingerprint density at radius 2 is 0.612 bits per heavy atom. The van der Waals surface area contributed by atoms with Crippen LogP contribution in [-0.2, 0) is 0 Å². The molecule has 0 saturated heterocycles. The van der Waals surface area contributed by atoms with Gasteiger partial charge in [0.15, 0.2) is 5.82 Å². The summed E-state index contributed by atoms with van der Waals surface area (Å²) in [6.45, 7) is 2.12. The lowest BCUT2D eigenvalue weighted by atomic mass is 9.94. The molecule has 8 rings (SSSR count). The Morgan fingerprint density at radius 3 is 1.02 bits per heavy atom. The van der Waals surface area contributed by atoms with Crippen LogP contribution in [0.3, 0.4) is 0 Å². The van der Waals surface area contributed by atoms with E-state index < -0.39 is 0 Å². The Labute approximate surface area is 288 Å². The molecule has 2 heteroatoms. The number of aryl methyl sites for hydroxylation is 1. The highest BCUT2D eigenvalue weighted by Crippen LogP contribution is 2.37. The van der Waals surface area contributed by atoms with E-state index in [1.165, 1.54) is 5.56 Å². The number of hydrogen-bond donors (Lipinski definition) is 0. The third-order valence-electron chi connectivity index (χ3n) is 8.89. The summed E-state index contributed by atoms with van der Waals surface area (Å²) >= 11 is 0. The average molecular weight is 627 g/mol. The quantitative estimate of drug-likeness (QED) is 0.176. The van der Waals surface area contributed by atoms with Crippen molar-refractivity contribution in [1.82, 2.24) is 9.97 Å². The second-order valence-corrected chi connectivity index (χ2v) is 12.4. The Kier molecular flexibility index (Phi) is 8.19. The predicted molar refractivity (Wildman–Crippen MR) is 205 cm³/mol. The molecule has 1 aromatic heterocycles. The van der Waals surface area contributed by atoms with Gasteiger partial charge in [-0.05, 0) is 100.0 Å². The molecular formula is C47H34N2. The fourth-order valence-electron chi connectivity index (χ4n) is 6.40. The Morgan fingerprint density at radius 1 is 0.265 bits per heavy atom. The predicted octanol–water partition coefficient (Wildman–Crippen LogP) is 12.5. The van der Waals surface area contributed by atoms with Crippen LogP contribution in [0.15, 0.2) is 188 Å². The minimum atomic E-state index is 0.690. The lowest BCUT2D eigenvalue weighted by Gasteiger charge is -2.15. The van der Waals surface area contributed by atoms with Crippen LogP contribution in [0.2, 0.25) is 0 Å². The smallest absolute Gasteiger partial charge is 0.160 e. The van der Waals surface area contributed by atoms with Gasteiger partial charge in [-0.2, -0.15) is 0 Å². The molecule has 0 fully saturated rings. The molecule has 0 unspecified atom stereocenters. The molecule has 0 bridgehead atoms. The third-order valence-corrected chi connectivity index (χ3v) is 8.89. The second-order valence-electron chi connectivity index (χ2n) is 12.4. The number of aromatic nitrogens is 2. The molecule has 2 nitrogen and oxygen atoms in total. The minimum absolute atomic E-state index is 0.690. The van der Waals surface area contributed by atoms with Crippen LogP contribution in [0.5, 0.6) is 0 Å². The van der Waals surface area contributed by atoms with Gasteiger partial charge in [-0.15, -0.1) is 0 Å². The van der Waals surface area contributed by atoms with Crippen molar-refractivity contribution in [3.05, 3.63) is 194 Å². The fraction of sp³-hybridized carbons (Fsp3) is 0.0213. The number of rotatable bonds is 7. The van der Waals surface area contributed by atoms with Crippen LogP contribution in [0.4, 0.5) is 0 Å². The summed E-state index contributed by atoms with van der Waals surface area (Å²) in [5.74, 6) is 0.690. The van der Waals surface area contributed by atoms with Gasteiger partial charge in [-0.1, -0.05) is 145 Å². The van der Waals surface area contributed by atoms with Gasteiger partial charge in [-0.25, -0.2) is 9.97 Å². The molecule has 0 saturated carbocycles. The van der Waals surface area contributed by atoms with Crippen LogP contribution in [0.25, 0.3) is 78.4 Å². The summed E-state index contributed by atoms with van der Waals surface area (Å²) in [5, 5.41) is 0. The maximum absolute atomic E-state index is 5.35. The van der Waals surface area contributed by atoms with Gasteiger partial charge in [0, 0.05) is 16.7 Å². The van der Waals surface area contributed by atoms with Gasteiger partial charge in [0.2, 0.25) is 0 Å². The van der Waals surface area contributed by atoms with Crippen molar-refractivity contribution in [1.29, 1.82) is 0 Å². The lowest BCUT2D eigenvalue weighted by molar-refractivity contribution is 1.18. The standard InChI is InChI=1S/C47H34N2/c1-33-15-14-24-38(25-33)45-32-46(43-28-39(34-16-6-2-7-17-34)26-40(29-43)35-18-8-3-9-19-35)49-47(48-45)44-30-41(36-20-10-4-11-21-36)27-42(31-44)37-22-12-5-13-23-37/h2-32H,1H3. The van der Waals surface area contributed by atoms with E-state index in [1.807, 2.05) is 0 Å². The van der Waals surface area contributed by atoms with E-state index in [0.717, 1.165) is 72.6 Å². The minimum Gasteiger partial charge on any atom is -0.228 e. The summed E-state index contributed by atoms with van der Waals surface area (Å²) < 4.78 is 0. The first-order chi connectivity index (χ1) is 24.2. The van der Waals surface area contributed by atoms with E-state index in [0.29, 0.717) is 5.82 Å². The lowest BCUT2D eigenvalue weighted by Crippen LogP contribution is -1.97. The van der Waals surface area contributed by atoms with Gasteiger partial charge in [0.05, 0.1) is 11.4 Å².